The van der Waals surface area contributed by atoms with Crippen molar-refractivity contribution in [3.05, 3.63) is 88.6 Å². The molecule has 1 unspecified atom stereocenters. The number of carbonyl (C=O) groups is 1. The minimum Gasteiger partial charge on any atom is -0.497 e. The maximum Gasteiger partial charge on any atom is 0.191 e. The van der Waals surface area contributed by atoms with E-state index in [-0.39, 0.29) is 24.3 Å². The third-order valence-corrected chi connectivity index (χ3v) is 5.85. The first kappa shape index (κ1) is 25.2. The molecular weight excluding hydrogens is 470 g/mol. The lowest BCUT2D eigenvalue weighted by molar-refractivity contribution is 0.0970. The van der Waals surface area contributed by atoms with Crippen LogP contribution in [0.1, 0.15) is 33.1 Å². The molecule has 4 N–H and O–H groups in total. The van der Waals surface area contributed by atoms with Gasteiger partial charge in [0.05, 0.1) is 20.3 Å². The zero-order valence-electron chi connectivity index (χ0n) is 19.8. The minimum atomic E-state index is -1.08. The lowest BCUT2D eigenvalue weighted by Crippen LogP contribution is -2.23. The van der Waals surface area contributed by atoms with E-state index < -0.39 is 30.1 Å². The number of H-pyrrole nitrogens is 1. The molecule has 1 heterocycles. The number of benzene rings is 3. The molecule has 3 aromatic carbocycles. The van der Waals surface area contributed by atoms with Crippen molar-refractivity contribution in [2.75, 3.05) is 25.6 Å². The Kier molecular flexibility index (Phi) is 7.52. The van der Waals surface area contributed by atoms with E-state index >= 15 is 0 Å². The molecule has 1 aromatic heterocycles. The van der Waals surface area contributed by atoms with Gasteiger partial charge in [-0.25, -0.2) is 8.78 Å². The van der Waals surface area contributed by atoms with Gasteiger partial charge in [0.15, 0.2) is 5.78 Å². The number of fused-ring (bicyclic) bond motifs is 1. The highest BCUT2D eigenvalue weighted by Crippen LogP contribution is 2.34. The van der Waals surface area contributed by atoms with E-state index in [1.807, 2.05) is 0 Å². The third kappa shape index (κ3) is 5.17. The molecule has 0 saturated carbocycles. The summed E-state index contributed by atoms with van der Waals surface area (Å²) in [4.78, 5) is 17.0. The Morgan fingerprint density at radius 2 is 1.83 bits per heavy atom. The zero-order chi connectivity index (χ0) is 25.8. The molecule has 0 bridgehead atoms. The third-order valence-electron chi connectivity index (χ3n) is 5.85. The number of aryl methyl sites for hydroxylation is 1. The van der Waals surface area contributed by atoms with Crippen LogP contribution in [0, 0.1) is 18.6 Å². The van der Waals surface area contributed by atoms with Gasteiger partial charge in [0.2, 0.25) is 0 Å². The van der Waals surface area contributed by atoms with Gasteiger partial charge < -0.3 is 30.0 Å². The van der Waals surface area contributed by atoms with Crippen LogP contribution >= 0.6 is 0 Å². The number of ketones is 1. The molecule has 0 saturated heterocycles. The quantitative estimate of drug-likeness (QED) is 0.238. The largest absolute Gasteiger partial charge is 0.497 e. The zero-order valence-corrected chi connectivity index (χ0v) is 19.8. The Balaban J connectivity index is 1.83. The number of aliphatic hydroxyl groups is 2. The van der Waals surface area contributed by atoms with E-state index in [4.69, 9.17) is 14.6 Å². The summed E-state index contributed by atoms with van der Waals surface area (Å²) < 4.78 is 39.0. The predicted molar refractivity (Wildman–Crippen MR) is 132 cm³/mol. The second-order valence-electron chi connectivity index (χ2n) is 8.26. The average molecular weight is 497 g/mol. The van der Waals surface area contributed by atoms with Gasteiger partial charge in [-0.2, -0.15) is 0 Å². The fourth-order valence-electron chi connectivity index (χ4n) is 4.19. The van der Waals surface area contributed by atoms with Crippen molar-refractivity contribution >= 4 is 22.4 Å². The van der Waals surface area contributed by atoms with Gasteiger partial charge in [0.1, 0.15) is 35.8 Å². The lowest BCUT2D eigenvalue weighted by Gasteiger charge is -2.22. The Morgan fingerprint density at radius 3 is 2.56 bits per heavy atom. The fraction of sp³-hybridized carbons (Fsp3) is 0.222. The highest BCUT2D eigenvalue weighted by molar-refractivity contribution is 6.12. The molecule has 4 rings (SSSR count). The molecule has 9 heteroatoms. The SMILES string of the molecule is COc1cc(NC(C(=O)c2c[nH]c3c(C)cc(F)cc23)c2ccc(F)cc2CO)cc(OCCO)c1. The summed E-state index contributed by atoms with van der Waals surface area (Å²) >= 11 is 0. The topological polar surface area (TPSA) is 104 Å². The van der Waals surface area contributed by atoms with E-state index in [9.17, 15) is 18.7 Å². The van der Waals surface area contributed by atoms with Crippen molar-refractivity contribution in [3.63, 3.8) is 0 Å². The van der Waals surface area contributed by atoms with Gasteiger partial charge in [-0.15, -0.1) is 0 Å². The first-order valence-electron chi connectivity index (χ1n) is 11.2. The number of Topliss-reactive ketones (excluding diaryl/α,β-unsaturated/α-hetero) is 1. The Hall–Kier alpha value is -3.95. The van der Waals surface area contributed by atoms with E-state index in [1.54, 1.807) is 25.1 Å². The van der Waals surface area contributed by atoms with Gasteiger partial charge in [-0.05, 0) is 47.9 Å². The summed E-state index contributed by atoms with van der Waals surface area (Å²) in [5.74, 6) is -0.628. The van der Waals surface area contributed by atoms with Gasteiger partial charge in [0.25, 0.3) is 0 Å². The van der Waals surface area contributed by atoms with Crippen LogP contribution in [-0.2, 0) is 6.61 Å². The number of aromatic nitrogens is 1. The molecule has 0 spiro atoms. The van der Waals surface area contributed by atoms with Crippen molar-refractivity contribution in [1.82, 2.24) is 4.98 Å². The second-order valence-corrected chi connectivity index (χ2v) is 8.26. The number of hydrogen-bond donors (Lipinski definition) is 4. The number of carbonyl (C=O) groups excluding carboxylic acids is 1. The molecule has 0 aliphatic rings. The molecule has 1 atom stereocenters. The molecule has 4 aromatic rings. The molecule has 0 aliphatic carbocycles. The van der Waals surface area contributed by atoms with Crippen LogP contribution in [-0.4, -0.2) is 41.3 Å². The first-order valence-corrected chi connectivity index (χ1v) is 11.2. The molecule has 0 amide bonds. The monoisotopic (exact) mass is 496 g/mol. The van der Waals surface area contributed by atoms with Crippen LogP contribution in [0.2, 0.25) is 0 Å². The number of hydrogen-bond acceptors (Lipinski definition) is 6. The smallest absolute Gasteiger partial charge is 0.191 e. The van der Waals surface area contributed by atoms with Crippen molar-refractivity contribution in [2.45, 2.75) is 19.6 Å². The first-order chi connectivity index (χ1) is 17.3. The normalized spacial score (nSPS) is 11.9. The lowest BCUT2D eigenvalue weighted by atomic mass is 9.92. The van der Waals surface area contributed by atoms with Crippen LogP contribution in [0.25, 0.3) is 10.9 Å². The fourth-order valence-corrected chi connectivity index (χ4v) is 4.19. The summed E-state index contributed by atoms with van der Waals surface area (Å²) in [6, 6.07) is 10.3. The second kappa shape index (κ2) is 10.8. The van der Waals surface area contributed by atoms with Crippen molar-refractivity contribution in [2.24, 2.45) is 0 Å². The van der Waals surface area contributed by atoms with Crippen molar-refractivity contribution < 1.29 is 33.3 Å². The number of methoxy groups -OCH3 is 1. The average Bonchev–Trinajstić information content (AvgIpc) is 3.29. The number of anilines is 1. The van der Waals surface area contributed by atoms with Crippen LogP contribution in [0.15, 0.2) is 54.7 Å². The summed E-state index contributed by atoms with van der Waals surface area (Å²) in [6.45, 7) is 1.11. The van der Waals surface area contributed by atoms with Gasteiger partial charge in [0, 0.05) is 46.5 Å². The molecule has 0 aliphatic heterocycles. The Bertz CT molecular complexity index is 1400. The molecule has 0 radical (unpaired) electrons. The molecular formula is C27H26F2N2O5. The number of rotatable bonds is 10. The number of aliphatic hydroxyl groups excluding tert-OH is 2. The number of aromatic amines is 1. The highest BCUT2D eigenvalue weighted by atomic mass is 19.1. The Morgan fingerprint density at radius 1 is 1.06 bits per heavy atom. The Labute approximate surface area is 206 Å². The summed E-state index contributed by atoms with van der Waals surface area (Å²) in [7, 11) is 1.48. The highest BCUT2D eigenvalue weighted by Gasteiger charge is 2.27. The summed E-state index contributed by atoms with van der Waals surface area (Å²) in [6.07, 6.45) is 1.51. The predicted octanol–water partition coefficient (Wildman–Crippen LogP) is 4.66. The van der Waals surface area contributed by atoms with Crippen LogP contribution in [0.4, 0.5) is 14.5 Å². The van der Waals surface area contributed by atoms with Gasteiger partial charge in [-0.3, -0.25) is 4.79 Å². The van der Waals surface area contributed by atoms with Crippen molar-refractivity contribution in [1.29, 1.82) is 0 Å². The van der Waals surface area contributed by atoms with Gasteiger partial charge in [-0.1, -0.05) is 6.07 Å². The van der Waals surface area contributed by atoms with E-state index in [1.165, 1.54) is 37.6 Å². The molecule has 7 nitrogen and oxygen atoms in total. The number of nitrogens with one attached hydrogen (secondary N) is 2. The molecule has 188 valence electrons. The maximum absolute atomic E-state index is 14.2. The summed E-state index contributed by atoms with van der Waals surface area (Å²) in [5.41, 5.74) is 2.52. The number of ether oxygens (including phenoxy) is 2. The molecule has 36 heavy (non-hydrogen) atoms. The van der Waals surface area contributed by atoms with Gasteiger partial charge >= 0.3 is 0 Å². The van der Waals surface area contributed by atoms with Crippen LogP contribution in [0.5, 0.6) is 11.5 Å². The maximum atomic E-state index is 14.2. The van der Waals surface area contributed by atoms with E-state index in [2.05, 4.69) is 10.3 Å². The van der Waals surface area contributed by atoms with E-state index in [0.29, 0.717) is 39.2 Å². The minimum absolute atomic E-state index is 0.0574. The van der Waals surface area contributed by atoms with Crippen LogP contribution < -0.4 is 14.8 Å². The standard InChI is InChI=1S/C27H26F2N2O5/c1-15-7-18(29)9-23-24(13-30-25(15)23)27(34)26(22-4-3-17(28)8-16(22)14-33)31-19-10-20(35-2)12-21(11-19)36-6-5-32/h3-4,7-13,26,30-33H,5-6,14H2,1-2H3. The summed E-state index contributed by atoms with van der Waals surface area (Å²) in [5, 5.41) is 22.6. The van der Waals surface area contributed by atoms with Crippen LogP contribution in [0.3, 0.4) is 0 Å². The molecule has 0 fully saturated rings. The van der Waals surface area contributed by atoms with E-state index in [0.717, 1.165) is 6.07 Å². The van der Waals surface area contributed by atoms with Crippen molar-refractivity contribution in [3.8, 4) is 11.5 Å². The number of halogens is 2.